The van der Waals surface area contributed by atoms with Crippen molar-refractivity contribution in [3.63, 3.8) is 0 Å². The maximum Gasteiger partial charge on any atom is 0.251 e. The molecule has 2 aromatic heterocycles. The fourth-order valence-corrected chi connectivity index (χ4v) is 2.85. The second-order valence-electron chi connectivity index (χ2n) is 5.13. The molecule has 1 aromatic carbocycles. The van der Waals surface area contributed by atoms with Gasteiger partial charge in [0.25, 0.3) is 5.91 Å². The Bertz CT molecular complexity index is 860. The van der Waals surface area contributed by atoms with E-state index in [2.05, 4.69) is 10.3 Å². The van der Waals surface area contributed by atoms with Gasteiger partial charge in [0.1, 0.15) is 5.76 Å². The summed E-state index contributed by atoms with van der Waals surface area (Å²) < 4.78 is 31.6. The van der Waals surface area contributed by atoms with E-state index >= 15 is 0 Å². The van der Waals surface area contributed by atoms with Crippen LogP contribution in [0.4, 0.5) is 8.78 Å². The molecule has 0 spiro atoms. The molecule has 0 aliphatic rings. The van der Waals surface area contributed by atoms with Crippen molar-refractivity contribution < 1.29 is 18.0 Å². The first-order valence-corrected chi connectivity index (χ1v) is 8.16. The van der Waals surface area contributed by atoms with Crippen molar-refractivity contribution in [3.8, 4) is 10.8 Å². The molecule has 7 heteroatoms. The molecule has 1 N–H and O–H groups in total. The van der Waals surface area contributed by atoms with Crippen molar-refractivity contribution in [2.75, 3.05) is 6.54 Å². The molecule has 0 unspecified atom stereocenters. The van der Waals surface area contributed by atoms with Crippen molar-refractivity contribution in [3.05, 3.63) is 64.4 Å². The van der Waals surface area contributed by atoms with Crippen LogP contribution in [0.2, 0.25) is 0 Å². The molecule has 1 amide bonds. The van der Waals surface area contributed by atoms with Gasteiger partial charge in [-0.05, 0) is 36.6 Å². The van der Waals surface area contributed by atoms with Gasteiger partial charge in [0.15, 0.2) is 11.6 Å². The Balaban J connectivity index is 1.60. The number of hydrogen-bond acceptors (Lipinski definition) is 4. The van der Waals surface area contributed by atoms with Crippen LogP contribution in [0.15, 0.2) is 40.1 Å². The van der Waals surface area contributed by atoms with Gasteiger partial charge < -0.3 is 9.73 Å². The molecular formula is C17H14F2N2O2S. The molecule has 3 rings (SSSR count). The summed E-state index contributed by atoms with van der Waals surface area (Å²) in [6, 6.07) is 6.88. The van der Waals surface area contributed by atoms with Crippen LogP contribution in [0.5, 0.6) is 0 Å². The van der Waals surface area contributed by atoms with Gasteiger partial charge in [-0.15, -0.1) is 11.3 Å². The van der Waals surface area contributed by atoms with Crippen LogP contribution in [-0.2, 0) is 6.42 Å². The van der Waals surface area contributed by atoms with Gasteiger partial charge in [-0.2, -0.15) is 0 Å². The van der Waals surface area contributed by atoms with E-state index in [4.69, 9.17) is 4.42 Å². The van der Waals surface area contributed by atoms with E-state index in [1.807, 2.05) is 24.4 Å². The standard InChI is InChI=1S/C17H14F2N2O2S/c1-10-14(21-17(23-10)15-3-2-8-24-15)6-7-20-16(22)11-4-5-12(18)13(19)9-11/h2-5,8-9H,6-7H2,1H3,(H,20,22). The lowest BCUT2D eigenvalue weighted by atomic mass is 10.2. The van der Waals surface area contributed by atoms with Gasteiger partial charge in [-0.1, -0.05) is 6.07 Å². The Morgan fingerprint density at radius 2 is 2.12 bits per heavy atom. The highest BCUT2D eigenvalue weighted by molar-refractivity contribution is 7.13. The summed E-state index contributed by atoms with van der Waals surface area (Å²) in [4.78, 5) is 17.3. The monoisotopic (exact) mass is 348 g/mol. The molecule has 2 heterocycles. The van der Waals surface area contributed by atoms with Crippen LogP contribution in [0.3, 0.4) is 0 Å². The molecular weight excluding hydrogens is 334 g/mol. The molecule has 0 radical (unpaired) electrons. The number of halogens is 2. The maximum absolute atomic E-state index is 13.1. The van der Waals surface area contributed by atoms with Crippen LogP contribution >= 0.6 is 11.3 Å². The minimum atomic E-state index is -1.05. The number of carbonyl (C=O) groups excluding carboxylic acids is 1. The fourth-order valence-electron chi connectivity index (χ4n) is 2.20. The summed E-state index contributed by atoms with van der Waals surface area (Å²) in [6.45, 7) is 2.13. The van der Waals surface area contributed by atoms with Crippen LogP contribution < -0.4 is 5.32 Å². The summed E-state index contributed by atoms with van der Waals surface area (Å²) in [7, 11) is 0. The number of hydrogen-bond donors (Lipinski definition) is 1. The molecule has 3 aromatic rings. The van der Waals surface area contributed by atoms with Crippen molar-refractivity contribution >= 4 is 17.2 Å². The van der Waals surface area contributed by atoms with Gasteiger partial charge in [-0.3, -0.25) is 4.79 Å². The fraction of sp³-hybridized carbons (Fsp3) is 0.176. The highest BCUT2D eigenvalue weighted by Crippen LogP contribution is 2.25. The number of nitrogens with zero attached hydrogens (tertiary/aromatic N) is 1. The molecule has 124 valence electrons. The third kappa shape index (κ3) is 3.51. The zero-order valence-corrected chi connectivity index (χ0v) is 13.6. The topological polar surface area (TPSA) is 55.1 Å². The summed E-state index contributed by atoms with van der Waals surface area (Å²) in [5.74, 6) is -1.24. The number of oxazole rings is 1. The van der Waals surface area contributed by atoms with Gasteiger partial charge in [-0.25, -0.2) is 13.8 Å². The number of benzene rings is 1. The summed E-state index contributed by atoms with van der Waals surface area (Å²) in [5.41, 5.74) is 0.828. The highest BCUT2D eigenvalue weighted by atomic mass is 32.1. The third-order valence-corrected chi connectivity index (χ3v) is 4.31. The summed E-state index contributed by atoms with van der Waals surface area (Å²) in [6.07, 6.45) is 0.482. The second-order valence-corrected chi connectivity index (χ2v) is 6.08. The predicted molar refractivity (Wildman–Crippen MR) is 86.9 cm³/mol. The quantitative estimate of drug-likeness (QED) is 0.759. The van der Waals surface area contributed by atoms with Crippen LogP contribution in [-0.4, -0.2) is 17.4 Å². The minimum absolute atomic E-state index is 0.0741. The Kier molecular flexibility index (Phi) is 4.71. The molecule has 0 bridgehead atoms. The summed E-state index contributed by atoms with van der Waals surface area (Å²) in [5, 5.41) is 4.60. The number of nitrogens with one attached hydrogen (secondary N) is 1. The first kappa shape index (κ1) is 16.3. The maximum atomic E-state index is 13.1. The first-order chi connectivity index (χ1) is 11.5. The Morgan fingerprint density at radius 3 is 2.83 bits per heavy atom. The highest BCUT2D eigenvalue weighted by Gasteiger charge is 2.13. The smallest absolute Gasteiger partial charge is 0.251 e. The van der Waals surface area contributed by atoms with Crippen molar-refractivity contribution in [1.29, 1.82) is 0 Å². The van der Waals surface area contributed by atoms with Crippen LogP contribution in [0.25, 0.3) is 10.8 Å². The molecule has 0 saturated carbocycles. The molecule has 0 atom stereocenters. The lowest BCUT2D eigenvalue weighted by Crippen LogP contribution is -2.26. The molecule has 24 heavy (non-hydrogen) atoms. The van der Waals surface area contributed by atoms with Gasteiger partial charge in [0, 0.05) is 18.5 Å². The van der Waals surface area contributed by atoms with E-state index in [9.17, 15) is 13.6 Å². The molecule has 0 aliphatic heterocycles. The van der Waals surface area contributed by atoms with E-state index in [0.717, 1.165) is 22.7 Å². The predicted octanol–water partition coefficient (Wildman–Crippen LogP) is 3.96. The zero-order chi connectivity index (χ0) is 17.1. The van der Waals surface area contributed by atoms with E-state index in [1.165, 1.54) is 17.4 Å². The number of aromatic nitrogens is 1. The number of rotatable bonds is 5. The Morgan fingerprint density at radius 1 is 1.29 bits per heavy atom. The molecule has 0 fully saturated rings. The van der Waals surface area contributed by atoms with E-state index in [0.29, 0.717) is 24.6 Å². The number of carbonyl (C=O) groups is 1. The van der Waals surface area contributed by atoms with E-state index in [1.54, 1.807) is 0 Å². The van der Waals surface area contributed by atoms with Crippen molar-refractivity contribution in [2.45, 2.75) is 13.3 Å². The zero-order valence-electron chi connectivity index (χ0n) is 12.8. The molecule has 0 saturated heterocycles. The third-order valence-electron chi connectivity index (χ3n) is 3.45. The summed E-state index contributed by atoms with van der Waals surface area (Å²) >= 11 is 1.53. The second kappa shape index (κ2) is 6.92. The van der Waals surface area contributed by atoms with Crippen molar-refractivity contribution in [2.24, 2.45) is 0 Å². The average Bonchev–Trinajstić information content (AvgIpc) is 3.20. The van der Waals surface area contributed by atoms with Crippen LogP contribution in [0, 0.1) is 18.6 Å². The largest absolute Gasteiger partial charge is 0.440 e. The number of thiophene rings is 1. The van der Waals surface area contributed by atoms with Crippen LogP contribution in [0.1, 0.15) is 21.8 Å². The van der Waals surface area contributed by atoms with Gasteiger partial charge in [0.2, 0.25) is 5.89 Å². The lowest BCUT2D eigenvalue weighted by Gasteiger charge is -2.04. The Labute approximate surface area is 141 Å². The lowest BCUT2D eigenvalue weighted by molar-refractivity contribution is 0.0953. The van der Waals surface area contributed by atoms with Gasteiger partial charge >= 0.3 is 0 Å². The number of aryl methyl sites for hydroxylation is 1. The average molecular weight is 348 g/mol. The minimum Gasteiger partial charge on any atom is -0.440 e. The van der Waals surface area contributed by atoms with Crippen molar-refractivity contribution in [1.82, 2.24) is 10.3 Å². The van der Waals surface area contributed by atoms with E-state index in [-0.39, 0.29) is 5.56 Å². The molecule has 4 nitrogen and oxygen atoms in total. The number of amides is 1. The normalized spacial score (nSPS) is 10.8. The SMILES string of the molecule is Cc1oc(-c2cccs2)nc1CCNC(=O)c1ccc(F)c(F)c1. The van der Waals surface area contributed by atoms with Gasteiger partial charge in [0.05, 0.1) is 10.6 Å². The Hall–Kier alpha value is -2.54. The first-order valence-electron chi connectivity index (χ1n) is 7.28. The van der Waals surface area contributed by atoms with E-state index < -0.39 is 17.5 Å². The molecule has 0 aliphatic carbocycles.